The van der Waals surface area contributed by atoms with E-state index >= 15 is 0 Å². The van der Waals surface area contributed by atoms with Crippen molar-refractivity contribution in [3.8, 4) is 55.6 Å². The molecule has 8 aromatic carbocycles. The van der Waals surface area contributed by atoms with Crippen LogP contribution in [-0.2, 0) is 5.41 Å². The molecule has 9 rings (SSSR count). The molecule has 0 unspecified atom stereocenters. The molecular formula is C51H39N. The summed E-state index contributed by atoms with van der Waals surface area (Å²) in [7, 11) is 0. The second-order valence-corrected chi connectivity index (χ2v) is 13.9. The van der Waals surface area contributed by atoms with E-state index in [2.05, 4.69) is 152 Å². The zero-order valence-corrected chi connectivity index (χ0v) is 29.1. The minimum Gasteiger partial charge on any atom is -0.310 e. The molecule has 0 N–H and O–H groups in total. The lowest BCUT2D eigenvalue weighted by Crippen LogP contribution is -2.14. The maximum atomic E-state index is 8.60. The van der Waals surface area contributed by atoms with Crippen molar-refractivity contribution in [1.29, 1.82) is 0 Å². The molecule has 0 heterocycles. The lowest BCUT2D eigenvalue weighted by molar-refractivity contribution is 0.660. The first kappa shape index (κ1) is 26.4. The van der Waals surface area contributed by atoms with Gasteiger partial charge in [0.2, 0.25) is 0 Å². The third-order valence-electron chi connectivity index (χ3n) is 10.3. The Morgan fingerprint density at radius 2 is 0.846 bits per heavy atom. The molecule has 1 aliphatic carbocycles. The second-order valence-electron chi connectivity index (χ2n) is 13.9. The summed E-state index contributed by atoms with van der Waals surface area (Å²) >= 11 is 0. The molecule has 0 aliphatic heterocycles. The van der Waals surface area contributed by atoms with Crippen molar-refractivity contribution in [1.82, 2.24) is 0 Å². The molecule has 0 saturated heterocycles. The summed E-state index contributed by atoms with van der Waals surface area (Å²) in [6, 6.07) is 57.7. The van der Waals surface area contributed by atoms with Crippen LogP contribution in [0.5, 0.6) is 0 Å². The number of hydrogen-bond acceptors (Lipinski definition) is 1. The van der Waals surface area contributed by atoms with Gasteiger partial charge in [-0.15, -0.1) is 0 Å². The van der Waals surface area contributed by atoms with Gasteiger partial charge in [-0.2, -0.15) is 0 Å². The van der Waals surface area contributed by atoms with E-state index in [1.807, 2.05) is 36.4 Å². The van der Waals surface area contributed by atoms with Gasteiger partial charge in [0.05, 0.1) is 6.85 Å². The Bertz CT molecular complexity index is 2710. The standard InChI is InChI=1S/C51H39N/c1-51(2)49-21-13-12-20-47(49)48-31-26-41(35-50(48)51)40-24-29-45(30-25-40)52(44-27-22-39(23-28-44)36-14-6-3-7-15-36)46-33-42(37-16-8-4-9-17-37)32-43(34-46)38-18-10-5-11-19-38/h3-35H,1-2H3/i3D,6D,7D,14D,15D. The van der Waals surface area contributed by atoms with Crippen LogP contribution in [0.15, 0.2) is 200 Å². The summed E-state index contributed by atoms with van der Waals surface area (Å²) in [6.07, 6.45) is 0. The Morgan fingerprint density at radius 1 is 0.365 bits per heavy atom. The quantitative estimate of drug-likeness (QED) is 0.163. The third-order valence-corrected chi connectivity index (χ3v) is 10.3. The largest absolute Gasteiger partial charge is 0.310 e. The van der Waals surface area contributed by atoms with Crippen LogP contribution in [0.2, 0.25) is 0 Å². The Balaban J connectivity index is 1.18. The highest BCUT2D eigenvalue weighted by Crippen LogP contribution is 2.49. The van der Waals surface area contributed by atoms with Crippen LogP contribution in [0.25, 0.3) is 55.6 Å². The minimum absolute atomic E-state index is 0.0970. The molecule has 1 aliphatic rings. The Morgan fingerprint density at radius 3 is 1.44 bits per heavy atom. The van der Waals surface area contributed by atoms with E-state index in [1.54, 1.807) is 0 Å². The zero-order chi connectivity index (χ0) is 39.4. The zero-order valence-electron chi connectivity index (χ0n) is 34.1. The van der Waals surface area contributed by atoms with Gasteiger partial charge in [-0.3, -0.25) is 0 Å². The summed E-state index contributed by atoms with van der Waals surface area (Å²) in [4.78, 5) is 2.22. The first-order chi connectivity index (χ1) is 27.6. The first-order valence-corrected chi connectivity index (χ1v) is 17.7. The van der Waals surface area contributed by atoms with E-state index in [0.29, 0.717) is 5.56 Å². The SMILES string of the molecule is [2H]c1c([2H])c([2H])c(-c2ccc(N(c3ccc(-c4ccc5c(c4)C(C)(C)c4ccccc4-5)cc3)c3cc(-c4ccccc4)cc(-c4ccccc4)c3)cc2)c([2H])c1[2H]. The van der Waals surface area contributed by atoms with E-state index in [-0.39, 0.29) is 35.1 Å². The Hall–Kier alpha value is -6.44. The van der Waals surface area contributed by atoms with Crippen LogP contribution in [0.4, 0.5) is 17.1 Å². The average molecular weight is 671 g/mol. The lowest BCUT2D eigenvalue weighted by Gasteiger charge is -2.27. The monoisotopic (exact) mass is 670 g/mol. The van der Waals surface area contributed by atoms with Gasteiger partial charge in [-0.1, -0.05) is 165 Å². The molecule has 52 heavy (non-hydrogen) atoms. The molecule has 0 aromatic heterocycles. The van der Waals surface area contributed by atoms with Crippen LogP contribution in [0.1, 0.15) is 31.8 Å². The number of benzene rings is 8. The molecule has 248 valence electrons. The highest BCUT2D eigenvalue weighted by atomic mass is 15.1. The van der Waals surface area contributed by atoms with Gasteiger partial charge >= 0.3 is 0 Å². The summed E-state index contributed by atoms with van der Waals surface area (Å²) in [5.74, 6) is 0. The van der Waals surface area contributed by atoms with Crippen molar-refractivity contribution in [2.24, 2.45) is 0 Å². The van der Waals surface area contributed by atoms with Crippen molar-refractivity contribution in [2.75, 3.05) is 4.90 Å². The number of hydrogen-bond donors (Lipinski definition) is 0. The smallest absolute Gasteiger partial charge is 0.0629 e. The fourth-order valence-corrected chi connectivity index (χ4v) is 7.64. The molecule has 1 heteroatoms. The van der Waals surface area contributed by atoms with E-state index in [9.17, 15) is 0 Å². The maximum absolute atomic E-state index is 8.60. The predicted octanol–water partition coefficient (Wildman–Crippen LogP) is 14.1. The average Bonchev–Trinajstić information content (AvgIpc) is 3.49. The molecular weight excluding hydrogens is 627 g/mol. The topological polar surface area (TPSA) is 3.24 Å². The highest BCUT2D eigenvalue weighted by Gasteiger charge is 2.35. The van der Waals surface area contributed by atoms with Gasteiger partial charge < -0.3 is 4.90 Å². The molecule has 0 spiro atoms. The van der Waals surface area contributed by atoms with Gasteiger partial charge in [0, 0.05) is 22.5 Å². The molecule has 0 amide bonds. The molecule has 0 fully saturated rings. The van der Waals surface area contributed by atoms with E-state index < -0.39 is 6.04 Å². The number of nitrogens with zero attached hydrogens (tertiary/aromatic N) is 1. The lowest BCUT2D eigenvalue weighted by atomic mass is 9.81. The van der Waals surface area contributed by atoms with Crippen molar-refractivity contribution in [3.05, 3.63) is 211 Å². The van der Waals surface area contributed by atoms with Gasteiger partial charge in [-0.25, -0.2) is 0 Å². The number of rotatable bonds is 7. The molecule has 8 aromatic rings. The predicted molar refractivity (Wildman–Crippen MR) is 220 cm³/mol. The number of fused-ring (bicyclic) bond motifs is 3. The fraction of sp³-hybridized carbons (Fsp3) is 0.0588. The molecule has 0 radical (unpaired) electrons. The molecule has 0 bridgehead atoms. The van der Waals surface area contributed by atoms with E-state index in [0.717, 1.165) is 50.4 Å². The van der Waals surface area contributed by atoms with Crippen LogP contribution in [0.3, 0.4) is 0 Å². The molecule has 0 saturated carbocycles. The first-order valence-electron chi connectivity index (χ1n) is 20.2. The van der Waals surface area contributed by atoms with Gasteiger partial charge in [0.25, 0.3) is 0 Å². The summed E-state index contributed by atoms with van der Waals surface area (Å²) in [6.45, 7) is 4.61. The summed E-state index contributed by atoms with van der Waals surface area (Å²) in [5.41, 5.74) is 15.3. The van der Waals surface area contributed by atoms with Crippen molar-refractivity contribution < 1.29 is 6.85 Å². The maximum Gasteiger partial charge on any atom is 0.0629 e. The van der Waals surface area contributed by atoms with Crippen LogP contribution >= 0.6 is 0 Å². The summed E-state index contributed by atoms with van der Waals surface area (Å²) < 4.78 is 41.8. The van der Waals surface area contributed by atoms with Gasteiger partial charge in [0.1, 0.15) is 0 Å². The van der Waals surface area contributed by atoms with Crippen LogP contribution < -0.4 is 4.90 Å². The third kappa shape index (κ3) is 5.71. The van der Waals surface area contributed by atoms with Crippen molar-refractivity contribution in [2.45, 2.75) is 19.3 Å². The van der Waals surface area contributed by atoms with Crippen LogP contribution in [0, 0.1) is 0 Å². The summed E-state index contributed by atoms with van der Waals surface area (Å²) in [5, 5.41) is 0. The van der Waals surface area contributed by atoms with Crippen molar-refractivity contribution in [3.63, 3.8) is 0 Å². The highest BCUT2D eigenvalue weighted by molar-refractivity contribution is 5.87. The van der Waals surface area contributed by atoms with Gasteiger partial charge in [-0.05, 0) is 115 Å². The van der Waals surface area contributed by atoms with Gasteiger partial charge in [0.15, 0.2) is 0 Å². The minimum atomic E-state index is -0.402. The fourth-order valence-electron chi connectivity index (χ4n) is 7.64. The normalized spacial score (nSPS) is 13.9. The van der Waals surface area contributed by atoms with E-state index in [1.165, 1.54) is 22.3 Å². The van der Waals surface area contributed by atoms with Crippen LogP contribution in [-0.4, -0.2) is 0 Å². The number of anilines is 3. The second kappa shape index (κ2) is 13.0. The molecule has 1 nitrogen and oxygen atoms in total. The molecule has 0 atom stereocenters. The van der Waals surface area contributed by atoms with Crippen molar-refractivity contribution >= 4 is 17.1 Å². The van der Waals surface area contributed by atoms with E-state index in [4.69, 9.17) is 6.85 Å². The Labute approximate surface area is 314 Å². The Kier molecular flexibility index (Phi) is 6.61.